The lowest BCUT2D eigenvalue weighted by atomic mass is 10.3. The first-order chi connectivity index (χ1) is 9.40. The van der Waals surface area contributed by atoms with Gasteiger partial charge in [0.05, 0.1) is 6.54 Å². The molecule has 5 nitrogen and oxygen atoms in total. The van der Waals surface area contributed by atoms with Crippen LogP contribution in [0.1, 0.15) is 30.4 Å². The first-order valence-electron chi connectivity index (χ1n) is 7.00. The van der Waals surface area contributed by atoms with E-state index in [0.29, 0.717) is 5.92 Å². The van der Waals surface area contributed by atoms with E-state index in [1.165, 1.54) is 12.8 Å². The second kappa shape index (κ2) is 4.33. The summed E-state index contributed by atoms with van der Waals surface area (Å²) in [5, 5.41) is 4.66. The smallest absolute Gasteiger partial charge is 0.154 e. The molecule has 98 valence electrons. The molecule has 0 amide bonds. The summed E-state index contributed by atoms with van der Waals surface area (Å²) in [7, 11) is 0. The van der Waals surface area contributed by atoms with E-state index in [9.17, 15) is 0 Å². The quantitative estimate of drug-likeness (QED) is 0.818. The van der Waals surface area contributed by atoms with E-state index in [0.717, 1.165) is 43.5 Å². The fourth-order valence-electron chi connectivity index (χ4n) is 2.60. The molecule has 19 heavy (non-hydrogen) atoms. The van der Waals surface area contributed by atoms with Gasteiger partial charge in [-0.15, -0.1) is 0 Å². The van der Waals surface area contributed by atoms with Crippen LogP contribution in [0.5, 0.6) is 0 Å². The molecule has 2 aliphatic rings. The van der Waals surface area contributed by atoms with Crippen molar-refractivity contribution in [2.45, 2.75) is 31.7 Å². The van der Waals surface area contributed by atoms with Gasteiger partial charge in [-0.3, -0.25) is 0 Å². The average molecular weight is 255 g/mol. The van der Waals surface area contributed by atoms with Crippen LogP contribution in [0.15, 0.2) is 24.4 Å². The zero-order chi connectivity index (χ0) is 12.7. The van der Waals surface area contributed by atoms with Crippen LogP contribution in [-0.4, -0.2) is 32.8 Å². The predicted molar refractivity (Wildman–Crippen MR) is 72.2 cm³/mol. The Morgan fingerprint density at radius 2 is 2.05 bits per heavy atom. The molecule has 0 atom stereocenters. The SMILES string of the molecule is c1ccc(N2CCc3nc(C4CC4)nn3CC2)nc1. The number of anilines is 1. The highest BCUT2D eigenvalue weighted by Gasteiger charge is 2.29. The highest BCUT2D eigenvalue weighted by atomic mass is 15.4. The third-order valence-corrected chi connectivity index (χ3v) is 3.87. The Balaban J connectivity index is 1.53. The first kappa shape index (κ1) is 11.0. The van der Waals surface area contributed by atoms with Crippen LogP contribution in [0.3, 0.4) is 0 Å². The van der Waals surface area contributed by atoms with Crippen molar-refractivity contribution in [3.8, 4) is 0 Å². The lowest BCUT2D eigenvalue weighted by Crippen LogP contribution is -2.27. The molecule has 1 saturated carbocycles. The highest BCUT2D eigenvalue weighted by Crippen LogP contribution is 2.38. The van der Waals surface area contributed by atoms with Crippen molar-refractivity contribution in [1.82, 2.24) is 19.7 Å². The van der Waals surface area contributed by atoms with E-state index in [-0.39, 0.29) is 0 Å². The maximum Gasteiger partial charge on any atom is 0.154 e. The average Bonchev–Trinajstić information content (AvgIpc) is 3.25. The van der Waals surface area contributed by atoms with Gasteiger partial charge in [0.2, 0.25) is 0 Å². The van der Waals surface area contributed by atoms with E-state index < -0.39 is 0 Å². The number of fused-ring (bicyclic) bond motifs is 1. The minimum Gasteiger partial charge on any atom is -0.354 e. The van der Waals surface area contributed by atoms with Gasteiger partial charge in [-0.2, -0.15) is 5.10 Å². The van der Waals surface area contributed by atoms with Gasteiger partial charge in [0.15, 0.2) is 5.82 Å². The van der Waals surface area contributed by atoms with Crippen LogP contribution in [0.2, 0.25) is 0 Å². The summed E-state index contributed by atoms with van der Waals surface area (Å²) in [6.45, 7) is 2.84. The van der Waals surface area contributed by atoms with Crippen molar-refractivity contribution in [3.63, 3.8) is 0 Å². The topological polar surface area (TPSA) is 46.8 Å². The van der Waals surface area contributed by atoms with Crippen LogP contribution in [-0.2, 0) is 13.0 Å². The Morgan fingerprint density at radius 3 is 2.84 bits per heavy atom. The summed E-state index contributed by atoms with van der Waals surface area (Å²) in [6, 6.07) is 6.06. The molecule has 4 rings (SSSR count). The standard InChI is InChI=1S/C14H17N5/c1-2-7-15-12(3-1)18-8-6-13-16-14(11-4-5-11)17-19(13)10-9-18/h1-3,7,11H,4-6,8-10H2. The van der Waals surface area contributed by atoms with Crippen LogP contribution < -0.4 is 4.90 Å². The molecule has 0 spiro atoms. The molecule has 1 aliphatic carbocycles. The second-order valence-corrected chi connectivity index (χ2v) is 5.31. The van der Waals surface area contributed by atoms with Gasteiger partial charge < -0.3 is 4.90 Å². The molecule has 2 aromatic heterocycles. The molecule has 0 bridgehead atoms. The molecule has 0 saturated heterocycles. The van der Waals surface area contributed by atoms with Gasteiger partial charge in [-0.05, 0) is 25.0 Å². The van der Waals surface area contributed by atoms with Gasteiger partial charge in [0, 0.05) is 31.6 Å². The zero-order valence-electron chi connectivity index (χ0n) is 10.9. The van der Waals surface area contributed by atoms with Crippen LogP contribution in [0.25, 0.3) is 0 Å². The molecule has 3 heterocycles. The number of pyridine rings is 1. The lowest BCUT2D eigenvalue weighted by Gasteiger charge is -2.20. The molecule has 1 aliphatic heterocycles. The van der Waals surface area contributed by atoms with Crippen LogP contribution >= 0.6 is 0 Å². The van der Waals surface area contributed by atoms with Gasteiger partial charge in [0.1, 0.15) is 11.6 Å². The van der Waals surface area contributed by atoms with Gasteiger partial charge in [-0.25, -0.2) is 14.6 Å². The van der Waals surface area contributed by atoms with E-state index in [1.807, 2.05) is 18.3 Å². The number of nitrogens with zero attached hydrogens (tertiary/aromatic N) is 5. The fraction of sp³-hybridized carbons (Fsp3) is 0.500. The van der Waals surface area contributed by atoms with Crippen LogP contribution in [0, 0.1) is 0 Å². The van der Waals surface area contributed by atoms with Crippen molar-refractivity contribution < 1.29 is 0 Å². The monoisotopic (exact) mass is 255 g/mol. The summed E-state index contributed by atoms with van der Waals surface area (Å²) in [5.41, 5.74) is 0. The number of aromatic nitrogens is 4. The van der Waals surface area contributed by atoms with Crippen molar-refractivity contribution in [2.24, 2.45) is 0 Å². The molecule has 2 aromatic rings. The molecular formula is C14H17N5. The molecule has 0 N–H and O–H groups in total. The molecule has 1 fully saturated rings. The van der Waals surface area contributed by atoms with Crippen molar-refractivity contribution in [3.05, 3.63) is 36.0 Å². The number of hydrogen-bond donors (Lipinski definition) is 0. The Morgan fingerprint density at radius 1 is 1.11 bits per heavy atom. The van der Waals surface area contributed by atoms with Crippen molar-refractivity contribution in [1.29, 1.82) is 0 Å². The third-order valence-electron chi connectivity index (χ3n) is 3.87. The Kier molecular flexibility index (Phi) is 2.50. The molecule has 0 unspecified atom stereocenters. The normalized spacial score (nSPS) is 19.1. The molecular weight excluding hydrogens is 238 g/mol. The Labute approximate surface area is 112 Å². The molecule has 0 aromatic carbocycles. The van der Waals surface area contributed by atoms with Crippen LogP contribution in [0.4, 0.5) is 5.82 Å². The Bertz CT molecular complexity index is 547. The maximum absolute atomic E-state index is 4.71. The van der Waals surface area contributed by atoms with Gasteiger partial charge in [0.25, 0.3) is 0 Å². The molecule has 0 radical (unpaired) electrons. The maximum atomic E-state index is 4.71. The minimum absolute atomic E-state index is 0.645. The van der Waals surface area contributed by atoms with E-state index >= 15 is 0 Å². The summed E-state index contributed by atoms with van der Waals surface area (Å²) in [4.78, 5) is 11.4. The third kappa shape index (κ3) is 2.09. The van der Waals surface area contributed by atoms with Crippen molar-refractivity contribution in [2.75, 3.05) is 18.0 Å². The molecule has 5 heteroatoms. The largest absolute Gasteiger partial charge is 0.354 e. The predicted octanol–water partition coefficient (Wildman–Crippen LogP) is 1.61. The summed E-state index contributed by atoms with van der Waals surface area (Å²) < 4.78 is 2.09. The highest BCUT2D eigenvalue weighted by molar-refractivity contribution is 5.38. The second-order valence-electron chi connectivity index (χ2n) is 5.31. The van der Waals surface area contributed by atoms with Gasteiger partial charge >= 0.3 is 0 Å². The minimum atomic E-state index is 0.645. The lowest BCUT2D eigenvalue weighted by molar-refractivity contribution is 0.602. The summed E-state index contributed by atoms with van der Waals surface area (Å²) >= 11 is 0. The Hall–Kier alpha value is -1.91. The van der Waals surface area contributed by atoms with E-state index in [4.69, 9.17) is 4.98 Å². The van der Waals surface area contributed by atoms with E-state index in [1.54, 1.807) is 0 Å². The first-order valence-corrected chi connectivity index (χ1v) is 7.00. The zero-order valence-corrected chi connectivity index (χ0v) is 10.9. The van der Waals surface area contributed by atoms with E-state index in [2.05, 4.69) is 25.7 Å². The number of rotatable bonds is 2. The summed E-state index contributed by atoms with van der Waals surface area (Å²) in [6.07, 6.45) is 5.34. The number of hydrogen-bond acceptors (Lipinski definition) is 4. The summed E-state index contributed by atoms with van der Waals surface area (Å²) in [5.74, 6) is 3.91. The van der Waals surface area contributed by atoms with Crippen molar-refractivity contribution >= 4 is 5.82 Å². The van der Waals surface area contributed by atoms with Gasteiger partial charge in [-0.1, -0.05) is 6.07 Å². The fourth-order valence-corrected chi connectivity index (χ4v) is 2.60.